The zero-order chi connectivity index (χ0) is 10.4. The smallest absolute Gasteiger partial charge is 0.119 e. The lowest BCUT2D eigenvalue weighted by Gasteiger charge is -2.16. The van der Waals surface area contributed by atoms with Crippen LogP contribution in [0.4, 0.5) is 0 Å². The monoisotopic (exact) mass is 191 g/mol. The summed E-state index contributed by atoms with van der Waals surface area (Å²) in [6.07, 6.45) is 1.05. The molecule has 0 aromatic heterocycles. The van der Waals surface area contributed by atoms with Gasteiger partial charge in [0, 0.05) is 5.54 Å². The quantitative estimate of drug-likeness (QED) is 0.778. The highest BCUT2D eigenvalue weighted by atomic mass is 16.5. The normalized spacial score (nSPS) is 28.6. The summed E-state index contributed by atoms with van der Waals surface area (Å²) in [6, 6.07) is 8.06. The summed E-state index contributed by atoms with van der Waals surface area (Å²) in [7, 11) is 1.68. The predicted octanol–water partition coefficient (Wildman–Crippen LogP) is 2.28. The fourth-order valence-corrected chi connectivity index (χ4v) is 2.05. The highest BCUT2D eigenvalue weighted by molar-refractivity contribution is 5.39. The Bertz CT molecular complexity index is 359. The van der Waals surface area contributed by atoms with E-state index in [1.54, 1.807) is 7.11 Å². The van der Waals surface area contributed by atoms with Crippen molar-refractivity contribution in [1.29, 1.82) is 0 Å². The van der Waals surface area contributed by atoms with Gasteiger partial charge in [0.25, 0.3) is 0 Å². The average Bonchev–Trinajstić information content (AvgIpc) is 2.68. The predicted molar refractivity (Wildman–Crippen MR) is 57.3 cm³/mol. The minimum absolute atomic E-state index is 0.151. The van der Waals surface area contributed by atoms with Crippen molar-refractivity contribution >= 4 is 0 Å². The van der Waals surface area contributed by atoms with Crippen LogP contribution in [0.3, 0.4) is 0 Å². The lowest BCUT2D eigenvalue weighted by atomic mass is 9.97. The second-order valence-corrected chi connectivity index (χ2v) is 4.76. The van der Waals surface area contributed by atoms with Gasteiger partial charge in [-0.05, 0) is 29.5 Å². The first-order chi connectivity index (χ1) is 6.49. The third-order valence-electron chi connectivity index (χ3n) is 3.39. The van der Waals surface area contributed by atoms with Crippen LogP contribution in [-0.4, -0.2) is 7.11 Å². The van der Waals surface area contributed by atoms with Gasteiger partial charge in [-0.25, -0.2) is 0 Å². The van der Waals surface area contributed by atoms with Crippen LogP contribution in [-0.2, 0) is 5.54 Å². The SMILES string of the molecule is COc1cccc(C2(N)CC2(C)C)c1. The van der Waals surface area contributed by atoms with Crippen LogP contribution in [0.5, 0.6) is 5.75 Å². The lowest BCUT2D eigenvalue weighted by Crippen LogP contribution is -2.25. The molecule has 0 aliphatic heterocycles. The van der Waals surface area contributed by atoms with Gasteiger partial charge in [0.1, 0.15) is 5.75 Å². The van der Waals surface area contributed by atoms with Crippen molar-refractivity contribution in [3.63, 3.8) is 0 Å². The molecular weight excluding hydrogens is 174 g/mol. The molecule has 1 unspecified atom stereocenters. The largest absolute Gasteiger partial charge is 0.497 e. The molecule has 0 spiro atoms. The number of methoxy groups -OCH3 is 1. The Hall–Kier alpha value is -1.02. The van der Waals surface area contributed by atoms with Gasteiger partial charge in [0.05, 0.1) is 7.11 Å². The maximum atomic E-state index is 6.31. The molecule has 2 heteroatoms. The molecule has 1 aromatic carbocycles. The van der Waals surface area contributed by atoms with Crippen molar-refractivity contribution in [2.45, 2.75) is 25.8 Å². The summed E-state index contributed by atoms with van der Waals surface area (Å²) in [5, 5.41) is 0. The molecule has 76 valence electrons. The van der Waals surface area contributed by atoms with E-state index >= 15 is 0 Å². The summed E-state index contributed by atoms with van der Waals surface area (Å²) in [5.74, 6) is 0.884. The van der Waals surface area contributed by atoms with Crippen LogP contribution in [0.25, 0.3) is 0 Å². The van der Waals surface area contributed by atoms with Crippen molar-refractivity contribution in [2.75, 3.05) is 7.11 Å². The topological polar surface area (TPSA) is 35.2 Å². The molecule has 2 N–H and O–H groups in total. The maximum Gasteiger partial charge on any atom is 0.119 e. The number of hydrogen-bond donors (Lipinski definition) is 1. The molecule has 0 amide bonds. The van der Waals surface area contributed by atoms with E-state index < -0.39 is 0 Å². The molecule has 1 aliphatic rings. The van der Waals surface area contributed by atoms with E-state index in [0.717, 1.165) is 12.2 Å². The van der Waals surface area contributed by atoms with Crippen molar-refractivity contribution in [3.8, 4) is 5.75 Å². The van der Waals surface area contributed by atoms with Gasteiger partial charge in [-0.15, -0.1) is 0 Å². The molecule has 14 heavy (non-hydrogen) atoms. The van der Waals surface area contributed by atoms with E-state index in [0.29, 0.717) is 0 Å². The molecule has 1 aromatic rings. The summed E-state index contributed by atoms with van der Waals surface area (Å²) in [4.78, 5) is 0. The molecular formula is C12H17NO. The molecule has 0 radical (unpaired) electrons. The number of nitrogens with two attached hydrogens (primary N) is 1. The number of rotatable bonds is 2. The van der Waals surface area contributed by atoms with Gasteiger partial charge in [0.2, 0.25) is 0 Å². The van der Waals surface area contributed by atoms with Crippen LogP contribution < -0.4 is 10.5 Å². The highest BCUT2D eigenvalue weighted by Crippen LogP contribution is 2.60. The van der Waals surface area contributed by atoms with Gasteiger partial charge in [-0.3, -0.25) is 0 Å². The fourth-order valence-electron chi connectivity index (χ4n) is 2.05. The van der Waals surface area contributed by atoms with Crippen LogP contribution >= 0.6 is 0 Å². The van der Waals surface area contributed by atoms with Gasteiger partial charge in [-0.2, -0.15) is 0 Å². The molecule has 0 bridgehead atoms. The van der Waals surface area contributed by atoms with Crippen molar-refractivity contribution < 1.29 is 4.74 Å². The van der Waals surface area contributed by atoms with E-state index in [2.05, 4.69) is 19.9 Å². The molecule has 2 nitrogen and oxygen atoms in total. The summed E-state index contributed by atoms with van der Waals surface area (Å²) < 4.78 is 5.19. The van der Waals surface area contributed by atoms with Crippen LogP contribution in [0, 0.1) is 5.41 Å². The Labute approximate surface area is 85.1 Å². The Morgan fingerprint density at radius 2 is 2.00 bits per heavy atom. The summed E-state index contributed by atoms with van der Waals surface area (Å²) >= 11 is 0. The van der Waals surface area contributed by atoms with E-state index in [4.69, 9.17) is 10.5 Å². The molecule has 1 aliphatic carbocycles. The first-order valence-corrected chi connectivity index (χ1v) is 4.93. The summed E-state index contributed by atoms with van der Waals surface area (Å²) in [6.45, 7) is 4.40. The Balaban J connectivity index is 2.34. The van der Waals surface area contributed by atoms with Gasteiger partial charge in [0.15, 0.2) is 0 Å². The Morgan fingerprint density at radius 1 is 1.36 bits per heavy atom. The third-order valence-corrected chi connectivity index (χ3v) is 3.39. The molecule has 0 saturated heterocycles. The van der Waals surface area contributed by atoms with Crippen LogP contribution in [0.2, 0.25) is 0 Å². The maximum absolute atomic E-state index is 6.31. The standard InChI is InChI=1S/C12H17NO/c1-11(2)8-12(11,13)9-5-4-6-10(7-9)14-3/h4-7H,8,13H2,1-3H3. The Kier molecular flexibility index (Phi) is 1.86. The minimum Gasteiger partial charge on any atom is -0.497 e. The van der Waals surface area contributed by atoms with Crippen molar-refractivity contribution in [2.24, 2.45) is 11.1 Å². The number of benzene rings is 1. The third kappa shape index (κ3) is 1.22. The van der Waals surface area contributed by atoms with Crippen molar-refractivity contribution in [1.82, 2.24) is 0 Å². The summed E-state index contributed by atoms with van der Waals surface area (Å²) in [5.41, 5.74) is 7.57. The molecule has 2 rings (SSSR count). The number of ether oxygens (including phenoxy) is 1. The van der Waals surface area contributed by atoms with E-state index in [-0.39, 0.29) is 11.0 Å². The van der Waals surface area contributed by atoms with E-state index in [1.165, 1.54) is 5.56 Å². The minimum atomic E-state index is -0.151. The van der Waals surface area contributed by atoms with E-state index in [9.17, 15) is 0 Å². The first-order valence-electron chi connectivity index (χ1n) is 4.93. The zero-order valence-corrected chi connectivity index (χ0v) is 9.00. The highest BCUT2D eigenvalue weighted by Gasteiger charge is 2.59. The second-order valence-electron chi connectivity index (χ2n) is 4.76. The first kappa shape index (κ1) is 9.53. The van der Waals surface area contributed by atoms with Gasteiger partial charge in [-0.1, -0.05) is 26.0 Å². The fraction of sp³-hybridized carbons (Fsp3) is 0.500. The molecule has 1 saturated carbocycles. The second kappa shape index (κ2) is 2.74. The number of hydrogen-bond acceptors (Lipinski definition) is 2. The van der Waals surface area contributed by atoms with Crippen molar-refractivity contribution in [3.05, 3.63) is 29.8 Å². The van der Waals surface area contributed by atoms with Gasteiger partial charge < -0.3 is 10.5 Å². The molecule has 1 atom stereocenters. The average molecular weight is 191 g/mol. The molecule has 0 heterocycles. The zero-order valence-electron chi connectivity index (χ0n) is 9.00. The van der Waals surface area contributed by atoms with Crippen LogP contribution in [0.1, 0.15) is 25.8 Å². The van der Waals surface area contributed by atoms with Crippen LogP contribution in [0.15, 0.2) is 24.3 Å². The Morgan fingerprint density at radius 3 is 2.50 bits per heavy atom. The van der Waals surface area contributed by atoms with E-state index in [1.807, 2.05) is 18.2 Å². The lowest BCUT2D eigenvalue weighted by molar-refractivity contribution is 0.412. The van der Waals surface area contributed by atoms with Gasteiger partial charge >= 0.3 is 0 Å². The molecule has 1 fully saturated rings.